The first kappa shape index (κ1) is 18.7. The van der Waals surface area contributed by atoms with E-state index >= 15 is 0 Å². The van der Waals surface area contributed by atoms with Crippen molar-refractivity contribution >= 4 is 23.4 Å². The van der Waals surface area contributed by atoms with Gasteiger partial charge in [0.25, 0.3) is 5.91 Å². The lowest BCUT2D eigenvalue weighted by atomic mass is 9.91. The third-order valence-electron chi connectivity index (χ3n) is 4.80. The van der Waals surface area contributed by atoms with Crippen LogP contribution >= 0.6 is 0 Å². The van der Waals surface area contributed by atoms with Gasteiger partial charge in [-0.3, -0.25) is 4.79 Å². The lowest BCUT2D eigenvalue weighted by Crippen LogP contribution is -2.43. The molecule has 0 bridgehead atoms. The van der Waals surface area contributed by atoms with E-state index in [-0.39, 0.29) is 23.6 Å². The molecule has 3 heterocycles. The first-order chi connectivity index (χ1) is 14.1. The molecule has 29 heavy (non-hydrogen) atoms. The van der Waals surface area contributed by atoms with Crippen molar-refractivity contribution in [3.05, 3.63) is 42.5 Å². The molecule has 1 fully saturated rings. The van der Waals surface area contributed by atoms with Crippen LogP contribution in [-0.4, -0.2) is 47.9 Å². The van der Waals surface area contributed by atoms with Crippen LogP contribution in [0, 0.1) is 0 Å². The minimum atomic E-state index is -0.727. The fourth-order valence-electron chi connectivity index (χ4n) is 3.31. The highest BCUT2D eigenvalue weighted by Gasteiger charge is 2.23. The number of hydrogen-bond acceptors (Lipinski definition) is 9. The number of carbonyl (C=O) groups is 1. The summed E-state index contributed by atoms with van der Waals surface area (Å²) in [7, 11) is 0. The Hall–Kier alpha value is -3.60. The van der Waals surface area contributed by atoms with Crippen LogP contribution in [0.4, 0.5) is 17.5 Å². The van der Waals surface area contributed by atoms with E-state index in [1.165, 1.54) is 0 Å². The molecule has 2 atom stereocenters. The van der Waals surface area contributed by atoms with Crippen LogP contribution in [0.5, 0.6) is 0 Å². The van der Waals surface area contributed by atoms with E-state index in [2.05, 4.69) is 35.9 Å². The summed E-state index contributed by atoms with van der Waals surface area (Å²) in [4.78, 5) is 20.5. The molecule has 11 heteroatoms. The fraction of sp³-hybridized carbons (Fsp3) is 0.333. The van der Waals surface area contributed by atoms with Gasteiger partial charge in [0, 0.05) is 42.4 Å². The van der Waals surface area contributed by atoms with E-state index in [0.29, 0.717) is 17.5 Å². The van der Waals surface area contributed by atoms with Crippen molar-refractivity contribution in [2.75, 3.05) is 10.6 Å². The number of anilines is 3. The first-order valence-electron chi connectivity index (χ1n) is 9.40. The van der Waals surface area contributed by atoms with Crippen molar-refractivity contribution in [1.82, 2.24) is 29.9 Å². The minimum absolute atomic E-state index is 0.0244. The van der Waals surface area contributed by atoms with Gasteiger partial charge in [-0.1, -0.05) is 12.8 Å². The molecular weight excluding hydrogens is 372 g/mol. The number of nitrogens with zero attached hydrogens (tertiary/aromatic N) is 6. The van der Waals surface area contributed by atoms with Crippen LogP contribution in [0.25, 0.3) is 5.82 Å². The topological polar surface area (TPSA) is 163 Å². The number of hydrogen-bond donors (Lipinski definition) is 4. The van der Waals surface area contributed by atoms with Crippen molar-refractivity contribution in [2.24, 2.45) is 11.5 Å². The van der Waals surface area contributed by atoms with Crippen molar-refractivity contribution in [2.45, 2.75) is 37.8 Å². The van der Waals surface area contributed by atoms with Gasteiger partial charge in [-0.05, 0) is 25.0 Å². The Morgan fingerprint density at radius 3 is 2.83 bits per heavy atom. The lowest BCUT2D eigenvalue weighted by molar-refractivity contribution is 0.0995. The second-order valence-electron chi connectivity index (χ2n) is 6.87. The summed E-state index contributed by atoms with van der Waals surface area (Å²) in [5.41, 5.74) is 12.2. The molecule has 3 aromatic heterocycles. The van der Waals surface area contributed by atoms with Crippen molar-refractivity contribution in [1.29, 1.82) is 0 Å². The molecule has 4 rings (SSSR count). The van der Waals surface area contributed by atoms with Crippen LogP contribution in [0.2, 0.25) is 0 Å². The van der Waals surface area contributed by atoms with Gasteiger partial charge in [-0.25, -0.2) is 9.67 Å². The monoisotopic (exact) mass is 394 g/mol. The maximum atomic E-state index is 11.8. The van der Waals surface area contributed by atoms with Crippen molar-refractivity contribution in [3.8, 4) is 5.82 Å². The molecule has 0 saturated heterocycles. The number of amides is 1. The number of rotatable bonds is 6. The van der Waals surface area contributed by atoms with Crippen LogP contribution < -0.4 is 22.1 Å². The summed E-state index contributed by atoms with van der Waals surface area (Å²) < 4.78 is 1.62. The molecule has 150 valence electrons. The smallest absolute Gasteiger partial charge is 0.273 e. The van der Waals surface area contributed by atoms with Gasteiger partial charge < -0.3 is 22.1 Å². The third-order valence-corrected chi connectivity index (χ3v) is 4.80. The molecule has 3 aromatic rings. The highest BCUT2D eigenvalue weighted by molar-refractivity contribution is 5.96. The van der Waals surface area contributed by atoms with E-state index < -0.39 is 5.91 Å². The zero-order valence-corrected chi connectivity index (χ0v) is 15.7. The molecule has 1 aliphatic carbocycles. The number of nitrogens with one attached hydrogen (secondary N) is 2. The number of aromatic nitrogens is 6. The molecule has 0 aromatic carbocycles. The van der Waals surface area contributed by atoms with Crippen LogP contribution in [0.15, 0.2) is 36.8 Å². The van der Waals surface area contributed by atoms with Crippen molar-refractivity contribution < 1.29 is 4.79 Å². The van der Waals surface area contributed by atoms with Crippen LogP contribution in [-0.2, 0) is 0 Å². The molecule has 0 spiro atoms. The lowest BCUT2D eigenvalue weighted by Gasteiger charge is -2.29. The number of carbonyl (C=O) groups excluding carboxylic acids is 1. The number of primary amides is 1. The van der Waals surface area contributed by atoms with Gasteiger partial charge in [-0.15, -0.1) is 10.2 Å². The normalized spacial score (nSPS) is 18.9. The van der Waals surface area contributed by atoms with E-state index in [1.54, 1.807) is 41.5 Å². The molecule has 11 nitrogen and oxygen atoms in total. The Morgan fingerprint density at radius 2 is 2.07 bits per heavy atom. The van der Waals surface area contributed by atoms with E-state index in [1.807, 2.05) is 0 Å². The molecule has 1 saturated carbocycles. The molecular formula is C18H22N10O. The zero-order chi connectivity index (χ0) is 20.2. The standard InChI is InChI=1S/C18H22N10O/c19-12-4-1-2-5-13(12)24-18-25-17(15(16(20)29)26-27-18)23-11-6-8-21-14(10-11)28-9-3-7-22-28/h3,6-10,12-13H,1-2,4-5,19H2,(H2,20,29)(H2,21,23,24,25,27)/t12-,13+/m0/s1. The summed E-state index contributed by atoms with van der Waals surface area (Å²) in [6.45, 7) is 0. The largest absolute Gasteiger partial charge is 0.364 e. The van der Waals surface area contributed by atoms with Crippen LogP contribution in [0.3, 0.4) is 0 Å². The second-order valence-corrected chi connectivity index (χ2v) is 6.87. The second kappa shape index (κ2) is 8.19. The third kappa shape index (κ3) is 4.29. The summed E-state index contributed by atoms with van der Waals surface area (Å²) in [5.74, 6) is 0.377. The Bertz CT molecular complexity index is 990. The first-order valence-corrected chi connectivity index (χ1v) is 9.40. The summed E-state index contributed by atoms with van der Waals surface area (Å²) in [6.07, 6.45) is 9.16. The van der Waals surface area contributed by atoms with E-state index in [4.69, 9.17) is 11.5 Å². The van der Waals surface area contributed by atoms with Gasteiger partial charge in [0.15, 0.2) is 17.3 Å². The van der Waals surface area contributed by atoms with Gasteiger partial charge in [0.1, 0.15) is 0 Å². The van der Waals surface area contributed by atoms with Gasteiger partial charge in [0.2, 0.25) is 5.95 Å². The summed E-state index contributed by atoms with van der Waals surface area (Å²) >= 11 is 0. The van der Waals surface area contributed by atoms with Gasteiger partial charge >= 0.3 is 0 Å². The number of nitrogens with two attached hydrogens (primary N) is 2. The zero-order valence-electron chi connectivity index (χ0n) is 15.7. The van der Waals surface area contributed by atoms with Gasteiger partial charge in [-0.2, -0.15) is 10.1 Å². The molecule has 1 amide bonds. The maximum absolute atomic E-state index is 11.8. The van der Waals surface area contributed by atoms with E-state index in [9.17, 15) is 4.79 Å². The summed E-state index contributed by atoms with van der Waals surface area (Å²) in [5, 5.41) is 18.4. The Kier molecular flexibility index (Phi) is 5.29. The summed E-state index contributed by atoms with van der Waals surface area (Å²) in [6, 6.07) is 5.39. The molecule has 0 aliphatic heterocycles. The predicted octanol–water partition coefficient (Wildman–Crippen LogP) is 0.977. The predicted molar refractivity (Wildman–Crippen MR) is 107 cm³/mol. The highest BCUT2D eigenvalue weighted by Crippen LogP contribution is 2.22. The van der Waals surface area contributed by atoms with E-state index in [0.717, 1.165) is 25.7 Å². The Labute approximate surface area is 166 Å². The minimum Gasteiger partial charge on any atom is -0.364 e. The van der Waals surface area contributed by atoms with Crippen LogP contribution in [0.1, 0.15) is 36.2 Å². The number of pyridine rings is 1. The average Bonchev–Trinajstić information content (AvgIpc) is 3.25. The van der Waals surface area contributed by atoms with Crippen molar-refractivity contribution in [3.63, 3.8) is 0 Å². The highest BCUT2D eigenvalue weighted by atomic mass is 16.1. The molecule has 1 aliphatic rings. The SMILES string of the molecule is NC(=O)c1nnc(N[C@@H]2CCCC[C@@H]2N)nc1Nc1ccnc(-n2cccn2)c1. The maximum Gasteiger partial charge on any atom is 0.273 e. The quantitative estimate of drug-likeness (QED) is 0.477. The Morgan fingerprint density at radius 1 is 1.21 bits per heavy atom. The molecule has 0 unspecified atom stereocenters. The molecule has 0 radical (unpaired) electrons. The fourth-order valence-corrected chi connectivity index (χ4v) is 3.31. The molecule has 6 N–H and O–H groups in total. The average molecular weight is 394 g/mol. The Balaban J connectivity index is 1.60. The van der Waals surface area contributed by atoms with Gasteiger partial charge in [0.05, 0.1) is 0 Å².